The van der Waals surface area contributed by atoms with Crippen LogP contribution in [-0.2, 0) is 9.57 Å². The fourth-order valence-corrected chi connectivity index (χ4v) is 2.78. The van der Waals surface area contributed by atoms with E-state index < -0.39 is 11.9 Å². The first-order chi connectivity index (χ1) is 12.7. The van der Waals surface area contributed by atoms with Crippen molar-refractivity contribution in [1.82, 2.24) is 5.16 Å². The van der Waals surface area contributed by atoms with E-state index in [-0.39, 0.29) is 6.10 Å². The summed E-state index contributed by atoms with van der Waals surface area (Å²) in [5.74, 6) is 0.106. The molecule has 2 aliphatic heterocycles. The summed E-state index contributed by atoms with van der Waals surface area (Å²) >= 11 is 0. The highest BCUT2D eigenvalue weighted by molar-refractivity contribution is 5.90. The molecule has 10 heteroatoms. The zero-order chi connectivity index (χ0) is 17.9. The van der Waals surface area contributed by atoms with Gasteiger partial charge in [-0.15, -0.1) is 0 Å². The molecular formula is C16H16FN5O4. The van der Waals surface area contributed by atoms with Gasteiger partial charge in [0.1, 0.15) is 31.1 Å². The molecule has 1 N–H and O–H groups in total. The molecule has 1 atom stereocenters. The summed E-state index contributed by atoms with van der Waals surface area (Å²) in [5, 5.41) is 10.4. The highest BCUT2D eigenvalue weighted by Gasteiger charge is 2.32. The third kappa shape index (κ3) is 3.25. The Morgan fingerprint density at radius 2 is 2.27 bits per heavy atom. The second kappa shape index (κ2) is 6.90. The zero-order valence-corrected chi connectivity index (χ0v) is 13.7. The van der Waals surface area contributed by atoms with Crippen molar-refractivity contribution in [2.75, 3.05) is 41.4 Å². The van der Waals surface area contributed by atoms with Gasteiger partial charge in [-0.3, -0.25) is 4.90 Å². The lowest BCUT2D eigenvalue weighted by atomic mass is 10.2. The molecule has 9 nitrogen and oxygen atoms in total. The number of benzene rings is 1. The van der Waals surface area contributed by atoms with Gasteiger partial charge >= 0.3 is 6.09 Å². The summed E-state index contributed by atoms with van der Waals surface area (Å²) in [5.41, 5.74) is 0.808. The second-order valence-electron chi connectivity index (χ2n) is 5.77. The third-order valence-electron chi connectivity index (χ3n) is 4.06. The molecule has 4 rings (SSSR count). The number of hydrogen-bond acceptors (Lipinski definition) is 8. The van der Waals surface area contributed by atoms with Crippen molar-refractivity contribution in [3.05, 3.63) is 36.3 Å². The average molecular weight is 361 g/mol. The van der Waals surface area contributed by atoms with Crippen LogP contribution >= 0.6 is 0 Å². The van der Waals surface area contributed by atoms with Crippen molar-refractivity contribution in [2.24, 2.45) is 5.16 Å². The molecule has 1 saturated heterocycles. The fraction of sp³-hybridized carbons (Fsp3) is 0.312. The number of nitrogens with zero attached hydrogens (tertiary/aromatic N) is 4. The lowest BCUT2D eigenvalue weighted by molar-refractivity contribution is 0.144. The van der Waals surface area contributed by atoms with Gasteiger partial charge < -0.3 is 24.3 Å². The number of aromatic nitrogens is 1. The standard InChI is InChI=1S/C16H16FN5O4/c17-13-7-11(1-2-14(13)21-4-6-24-19-10-21)22-9-12(26-16(22)23)8-18-15-3-5-25-20-15/h1-3,5,7,10,12H,4,6,8-9H2,(H,18,20). The molecule has 1 fully saturated rings. The Balaban J connectivity index is 1.43. The number of halogens is 1. The Morgan fingerprint density at radius 3 is 3.00 bits per heavy atom. The fourth-order valence-electron chi connectivity index (χ4n) is 2.78. The van der Waals surface area contributed by atoms with Crippen LogP contribution in [0.2, 0.25) is 0 Å². The van der Waals surface area contributed by atoms with Crippen LogP contribution in [0.3, 0.4) is 0 Å². The van der Waals surface area contributed by atoms with Crippen LogP contribution in [0.15, 0.2) is 40.2 Å². The monoisotopic (exact) mass is 361 g/mol. The molecule has 136 valence electrons. The number of rotatable bonds is 5. The lowest BCUT2D eigenvalue weighted by Crippen LogP contribution is -2.30. The molecule has 1 aromatic carbocycles. The molecule has 3 heterocycles. The summed E-state index contributed by atoms with van der Waals surface area (Å²) in [4.78, 5) is 20.0. The zero-order valence-electron chi connectivity index (χ0n) is 13.7. The van der Waals surface area contributed by atoms with Gasteiger partial charge in [0.05, 0.1) is 31.0 Å². The molecule has 26 heavy (non-hydrogen) atoms. The molecule has 2 aromatic rings. The normalized spacial score (nSPS) is 19.4. The predicted octanol–water partition coefficient (Wildman–Crippen LogP) is 2.03. The Labute approximate surface area is 147 Å². The van der Waals surface area contributed by atoms with E-state index in [1.54, 1.807) is 23.1 Å². The van der Waals surface area contributed by atoms with Crippen LogP contribution in [0.25, 0.3) is 0 Å². The summed E-state index contributed by atoms with van der Waals surface area (Å²) in [6, 6.07) is 6.26. The van der Waals surface area contributed by atoms with E-state index in [0.717, 1.165) is 0 Å². The number of cyclic esters (lactones) is 1. The largest absolute Gasteiger partial charge is 0.442 e. The van der Waals surface area contributed by atoms with Crippen LogP contribution in [0.1, 0.15) is 0 Å². The topological polar surface area (TPSA) is 92.4 Å². The molecule has 1 aromatic heterocycles. The first kappa shape index (κ1) is 16.2. The SMILES string of the molecule is O=C1OC(CNc2ccon2)CN1c1ccc(N2C=NOCC2)c(F)c1. The second-order valence-corrected chi connectivity index (χ2v) is 5.77. The van der Waals surface area contributed by atoms with Gasteiger partial charge in [0.15, 0.2) is 5.82 Å². The van der Waals surface area contributed by atoms with E-state index in [9.17, 15) is 9.18 Å². The van der Waals surface area contributed by atoms with Gasteiger partial charge in [0.2, 0.25) is 0 Å². The first-order valence-electron chi connectivity index (χ1n) is 8.05. The van der Waals surface area contributed by atoms with Crippen molar-refractivity contribution in [3.63, 3.8) is 0 Å². The maximum Gasteiger partial charge on any atom is 0.414 e. The summed E-state index contributed by atoms with van der Waals surface area (Å²) in [7, 11) is 0. The Hall–Kier alpha value is -3.30. The lowest BCUT2D eigenvalue weighted by Gasteiger charge is -2.23. The quantitative estimate of drug-likeness (QED) is 0.871. The number of amides is 1. The van der Waals surface area contributed by atoms with Crippen molar-refractivity contribution in [3.8, 4) is 0 Å². The number of oxime groups is 1. The van der Waals surface area contributed by atoms with Gasteiger partial charge in [-0.2, -0.15) is 0 Å². The average Bonchev–Trinajstić information content (AvgIpc) is 3.30. The van der Waals surface area contributed by atoms with Crippen molar-refractivity contribution in [2.45, 2.75) is 6.10 Å². The molecule has 2 aliphatic rings. The minimum Gasteiger partial charge on any atom is -0.442 e. The molecule has 0 spiro atoms. The van der Waals surface area contributed by atoms with E-state index in [1.165, 1.54) is 23.6 Å². The summed E-state index contributed by atoms with van der Waals surface area (Å²) < 4.78 is 24.5. The smallest absolute Gasteiger partial charge is 0.414 e. The summed E-state index contributed by atoms with van der Waals surface area (Å²) in [6.45, 7) is 1.57. The van der Waals surface area contributed by atoms with Gasteiger partial charge in [-0.1, -0.05) is 10.3 Å². The molecular weight excluding hydrogens is 345 g/mol. The number of hydrogen-bond donors (Lipinski definition) is 1. The predicted molar refractivity (Wildman–Crippen MR) is 90.8 cm³/mol. The highest BCUT2D eigenvalue weighted by Crippen LogP contribution is 2.28. The molecule has 0 radical (unpaired) electrons. The van der Waals surface area contributed by atoms with Crippen molar-refractivity contribution in [1.29, 1.82) is 0 Å². The Bertz CT molecular complexity index is 813. The number of nitrogens with one attached hydrogen (secondary N) is 1. The van der Waals surface area contributed by atoms with Crippen LogP contribution < -0.4 is 15.1 Å². The number of ether oxygens (including phenoxy) is 1. The van der Waals surface area contributed by atoms with E-state index in [1.807, 2.05) is 0 Å². The molecule has 1 amide bonds. The molecule has 0 aliphatic carbocycles. The van der Waals surface area contributed by atoms with Crippen LogP contribution in [-0.4, -0.2) is 49.9 Å². The van der Waals surface area contributed by atoms with Crippen LogP contribution in [0.4, 0.5) is 26.4 Å². The van der Waals surface area contributed by atoms with Crippen LogP contribution in [0.5, 0.6) is 0 Å². The minimum atomic E-state index is -0.517. The maximum absolute atomic E-state index is 14.5. The van der Waals surface area contributed by atoms with E-state index in [4.69, 9.17) is 14.1 Å². The number of carbonyl (C=O) groups excluding carboxylic acids is 1. The van der Waals surface area contributed by atoms with E-state index in [2.05, 4.69) is 15.6 Å². The third-order valence-corrected chi connectivity index (χ3v) is 4.06. The molecule has 1 unspecified atom stereocenters. The van der Waals surface area contributed by atoms with E-state index >= 15 is 0 Å². The first-order valence-corrected chi connectivity index (χ1v) is 8.05. The Morgan fingerprint density at radius 1 is 1.35 bits per heavy atom. The minimum absolute atomic E-state index is 0.307. The van der Waals surface area contributed by atoms with Crippen molar-refractivity contribution < 1.29 is 23.3 Å². The van der Waals surface area contributed by atoms with Gasteiger partial charge in [0, 0.05) is 6.07 Å². The number of carbonyl (C=O) groups is 1. The van der Waals surface area contributed by atoms with Crippen LogP contribution in [0, 0.1) is 5.82 Å². The molecule has 0 bridgehead atoms. The highest BCUT2D eigenvalue weighted by atomic mass is 19.1. The summed E-state index contributed by atoms with van der Waals surface area (Å²) in [6.07, 6.45) is 1.97. The van der Waals surface area contributed by atoms with Gasteiger partial charge in [-0.25, -0.2) is 9.18 Å². The van der Waals surface area contributed by atoms with Gasteiger partial charge in [-0.05, 0) is 18.2 Å². The molecule has 0 saturated carbocycles. The number of anilines is 3. The maximum atomic E-state index is 14.5. The van der Waals surface area contributed by atoms with Gasteiger partial charge in [0.25, 0.3) is 0 Å². The van der Waals surface area contributed by atoms with E-state index in [0.29, 0.717) is 43.4 Å². The Kier molecular flexibility index (Phi) is 4.30. The van der Waals surface area contributed by atoms with Crippen molar-refractivity contribution >= 4 is 29.6 Å².